The Morgan fingerprint density at radius 1 is 1.07 bits per heavy atom. The van der Waals surface area contributed by atoms with E-state index in [0.29, 0.717) is 11.3 Å². The lowest BCUT2D eigenvalue weighted by molar-refractivity contribution is 0.242. The highest BCUT2D eigenvalue weighted by atomic mass is 32.2. The summed E-state index contributed by atoms with van der Waals surface area (Å²) < 4.78 is 40.2. The molecule has 146 valence electrons. The maximum atomic E-state index is 12.3. The van der Waals surface area contributed by atoms with Crippen molar-refractivity contribution in [2.45, 2.75) is 24.8 Å². The van der Waals surface area contributed by atoms with Gasteiger partial charge in [0.25, 0.3) is 10.0 Å². The lowest BCUT2D eigenvalue weighted by Crippen LogP contribution is -2.18. The molecule has 8 nitrogen and oxygen atoms in total. The predicted molar refractivity (Wildman–Crippen MR) is 101 cm³/mol. The van der Waals surface area contributed by atoms with Crippen LogP contribution in [0.15, 0.2) is 46.4 Å². The van der Waals surface area contributed by atoms with E-state index < -0.39 is 10.0 Å². The van der Waals surface area contributed by atoms with Crippen molar-refractivity contribution in [3.8, 4) is 23.0 Å². The Hall–Kier alpha value is -2.94. The van der Waals surface area contributed by atoms with Gasteiger partial charge in [0.2, 0.25) is 5.75 Å². The molecule has 2 N–H and O–H groups in total. The molecule has 0 radical (unpaired) electrons. The second-order valence-electron chi connectivity index (χ2n) is 5.76. The van der Waals surface area contributed by atoms with E-state index in [2.05, 4.69) is 9.93 Å². The average molecular weight is 394 g/mol. The Morgan fingerprint density at radius 2 is 1.63 bits per heavy atom. The second kappa shape index (κ2) is 8.63. The monoisotopic (exact) mass is 394 g/mol. The number of phenols is 1. The Balaban J connectivity index is 2.15. The first-order valence-electron chi connectivity index (χ1n) is 8.03. The van der Waals surface area contributed by atoms with Crippen LogP contribution in [0.3, 0.4) is 0 Å². The van der Waals surface area contributed by atoms with Crippen LogP contribution in [0.4, 0.5) is 0 Å². The Kier molecular flexibility index (Phi) is 6.51. The van der Waals surface area contributed by atoms with Crippen LogP contribution in [0.25, 0.3) is 0 Å². The van der Waals surface area contributed by atoms with Crippen LogP contribution in [0.5, 0.6) is 23.0 Å². The third kappa shape index (κ3) is 5.27. The third-order valence-corrected chi connectivity index (χ3v) is 4.63. The molecule has 0 unspecified atom stereocenters. The number of aromatic hydroxyl groups is 1. The van der Waals surface area contributed by atoms with Crippen molar-refractivity contribution in [2.75, 3.05) is 14.2 Å². The molecule has 0 atom stereocenters. The highest BCUT2D eigenvalue weighted by Crippen LogP contribution is 2.36. The fourth-order valence-electron chi connectivity index (χ4n) is 2.18. The number of hydrogen-bond donors (Lipinski definition) is 2. The molecular weight excluding hydrogens is 372 g/mol. The first-order chi connectivity index (χ1) is 12.8. The lowest BCUT2D eigenvalue weighted by atomic mass is 10.2. The minimum atomic E-state index is -3.83. The van der Waals surface area contributed by atoms with Crippen LogP contribution in [0, 0.1) is 0 Å². The second-order valence-corrected chi connectivity index (χ2v) is 7.43. The van der Waals surface area contributed by atoms with Gasteiger partial charge in [-0.05, 0) is 50.2 Å². The van der Waals surface area contributed by atoms with Gasteiger partial charge in [0.15, 0.2) is 11.5 Å². The first kappa shape index (κ1) is 20.4. The maximum Gasteiger partial charge on any atom is 0.276 e. The van der Waals surface area contributed by atoms with Crippen LogP contribution in [-0.2, 0) is 10.0 Å². The van der Waals surface area contributed by atoms with E-state index in [9.17, 15) is 13.5 Å². The van der Waals surface area contributed by atoms with E-state index in [4.69, 9.17) is 14.2 Å². The van der Waals surface area contributed by atoms with Crippen LogP contribution >= 0.6 is 0 Å². The van der Waals surface area contributed by atoms with Gasteiger partial charge in [-0.15, -0.1) is 0 Å². The summed E-state index contributed by atoms with van der Waals surface area (Å²) in [7, 11) is -1.04. The van der Waals surface area contributed by atoms with E-state index in [0.717, 1.165) is 0 Å². The molecule has 0 amide bonds. The average Bonchev–Trinajstić information content (AvgIpc) is 2.62. The summed E-state index contributed by atoms with van der Waals surface area (Å²) in [5.74, 6) is 0.788. The van der Waals surface area contributed by atoms with Crippen molar-refractivity contribution < 1.29 is 27.7 Å². The molecule has 0 aromatic heterocycles. The molecule has 0 bridgehead atoms. The molecule has 0 aliphatic carbocycles. The summed E-state index contributed by atoms with van der Waals surface area (Å²) in [4.78, 5) is 2.18. The minimum absolute atomic E-state index is 0.00512. The van der Waals surface area contributed by atoms with Gasteiger partial charge in [0.05, 0.1) is 31.4 Å². The largest absolute Gasteiger partial charge is 0.502 e. The van der Waals surface area contributed by atoms with Gasteiger partial charge in [0.1, 0.15) is 5.75 Å². The number of hydrazone groups is 1. The molecule has 0 heterocycles. The summed E-state index contributed by atoms with van der Waals surface area (Å²) in [5, 5.41) is 13.6. The summed E-state index contributed by atoms with van der Waals surface area (Å²) in [5.41, 5.74) is 0.477. The van der Waals surface area contributed by atoms with Gasteiger partial charge >= 0.3 is 0 Å². The number of nitrogens with zero attached hydrogens (tertiary/aromatic N) is 1. The SMILES string of the molecule is COc1cc(/C=N/NS(=O)(=O)c2ccc(OC(C)C)cc2)cc(OC)c1O. The van der Waals surface area contributed by atoms with Gasteiger partial charge in [-0.25, -0.2) is 4.83 Å². The fourth-order valence-corrected chi connectivity index (χ4v) is 2.97. The van der Waals surface area contributed by atoms with E-state index in [1.54, 1.807) is 12.1 Å². The standard InChI is InChI=1S/C18H22N2O6S/c1-12(2)26-14-5-7-15(8-6-14)27(22,23)20-19-11-13-9-16(24-3)18(21)17(10-13)25-4/h5-12,20-21H,1-4H3/b19-11+. The van der Waals surface area contributed by atoms with Crippen molar-refractivity contribution in [3.63, 3.8) is 0 Å². The number of hydrogen-bond acceptors (Lipinski definition) is 7. The minimum Gasteiger partial charge on any atom is -0.502 e. The van der Waals surface area contributed by atoms with Gasteiger partial charge < -0.3 is 19.3 Å². The molecule has 0 saturated carbocycles. The van der Waals surface area contributed by atoms with Crippen molar-refractivity contribution in [1.29, 1.82) is 0 Å². The fraction of sp³-hybridized carbons (Fsp3) is 0.278. The van der Waals surface area contributed by atoms with Crippen LogP contribution in [0.2, 0.25) is 0 Å². The zero-order chi connectivity index (χ0) is 20.0. The molecule has 9 heteroatoms. The number of rotatable bonds is 8. The van der Waals surface area contributed by atoms with E-state index in [1.807, 2.05) is 13.8 Å². The maximum absolute atomic E-state index is 12.3. The summed E-state index contributed by atoms with van der Waals surface area (Å²) in [6, 6.07) is 9.01. The number of benzene rings is 2. The zero-order valence-corrected chi connectivity index (χ0v) is 16.3. The number of ether oxygens (including phenoxy) is 3. The Bertz CT molecular complexity index is 883. The summed E-state index contributed by atoms with van der Waals surface area (Å²) in [6.45, 7) is 3.77. The lowest BCUT2D eigenvalue weighted by Gasteiger charge is -2.10. The van der Waals surface area contributed by atoms with Crippen LogP contribution in [0.1, 0.15) is 19.4 Å². The van der Waals surface area contributed by atoms with Gasteiger partial charge in [-0.2, -0.15) is 13.5 Å². The molecule has 2 rings (SSSR count). The van der Waals surface area contributed by atoms with Crippen molar-refractivity contribution in [3.05, 3.63) is 42.0 Å². The van der Waals surface area contributed by atoms with Crippen molar-refractivity contribution in [1.82, 2.24) is 4.83 Å². The Labute approximate surface area is 158 Å². The Morgan fingerprint density at radius 3 is 2.11 bits per heavy atom. The van der Waals surface area contributed by atoms with Crippen molar-refractivity contribution in [2.24, 2.45) is 5.10 Å². The highest BCUT2D eigenvalue weighted by molar-refractivity contribution is 7.89. The van der Waals surface area contributed by atoms with Crippen LogP contribution < -0.4 is 19.0 Å². The number of nitrogens with one attached hydrogen (secondary N) is 1. The van der Waals surface area contributed by atoms with E-state index in [1.165, 1.54) is 44.7 Å². The van der Waals surface area contributed by atoms with Gasteiger partial charge in [0, 0.05) is 5.56 Å². The predicted octanol–water partition coefficient (Wildman–Crippen LogP) is 2.51. The molecular formula is C18H22N2O6S. The highest BCUT2D eigenvalue weighted by Gasteiger charge is 2.14. The molecule has 27 heavy (non-hydrogen) atoms. The van der Waals surface area contributed by atoms with E-state index in [-0.39, 0.29) is 28.2 Å². The molecule has 0 fully saturated rings. The first-order valence-corrected chi connectivity index (χ1v) is 9.51. The molecule has 2 aromatic rings. The number of phenolic OH excluding ortho intramolecular Hbond substituents is 1. The molecule has 0 spiro atoms. The molecule has 0 aliphatic rings. The van der Waals surface area contributed by atoms with Gasteiger partial charge in [-0.1, -0.05) is 0 Å². The summed E-state index contributed by atoms with van der Waals surface area (Å²) in [6.07, 6.45) is 1.27. The van der Waals surface area contributed by atoms with Gasteiger partial charge in [-0.3, -0.25) is 0 Å². The number of methoxy groups -OCH3 is 2. The topological polar surface area (TPSA) is 106 Å². The summed E-state index contributed by atoms with van der Waals surface area (Å²) >= 11 is 0. The normalized spacial score (nSPS) is 11.6. The van der Waals surface area contributed by atoms with Crippen molar-refractivity contribution >= 4 is 16.2 Å². The molecule has 0 saturated heterocycles. The molecule has 2 aromatic carbocycles. The third-order valence-electron chi connectivity index (χ3n) is 3.39. The van der Waals surface area contributed by atoms with Crippen LogP contribution in [-0.4, -0.2) is 40.1 Å². The number of sulfonamides is 1. The quantitative estimate of drug-likeness (QED) is 0.526. The smallest absolute Gasteiger partial charge is 0.276 e. The molecule has 0 aliphatic heterocycles. The zero-order valence-electron chi connectivity index (χ0n) is 15.5. The van der Waals surface area contributed by atoms with E-state index >= 15 is 0 Å².